The molecule has 1 aliphatic rings. The molecule has 0 aromatic carbocycles. The normalized spacial score (nSPS) is 15.7. The fraction of sp³-hybridized carbons (Fsp3) is 0.667. The van der Waals surface area contributed by atoms with Gasteiger partial charge in [-0.15, -0.1) is 5.10 Å². The van der Waals surface area contributed by atoms with Gasteiger partial charge in [-0.2, -0.15) is 4.98 Å². The number of anilines is 1. The third-order valence-corrected chi connectivity index (χ3v) is 3.41. The van der Waals surface area contributed by atoms with Crippen molar-refractivity contribution in [1.82, 2.24) is 25.0 Å². The van der Waals surface area contributed by atoms with Crippen molar-refractivity contribution in [3.8, 4) is 6.01 Å². The summed E-state index contributed by atoms with van der Waals surface area (Å²) in [7, 11) is 4.89. The van der Waals surface area contributed by atoms with E-state index < -0.39 is 0 Å². The Morgan fingerprint density at radius 2 is 2.05 bits per heavy atom. The Balaban J connectivity index is 1.84. The molecule has 3 amide bonds. The molecule has 0 radical (unpaired) electrons. The highest BCUT2D eigenvalue weighted by Crippen LogP contribution is 2.19. The van der Waals surface area contributed by atoms with Crippen LogP contribution in [0.5, 0.6) is 6.01 Å². The average molecular weight is 296 g/mol. The molecule has 1 fully saturated rings. The summed E-state index contributed by atoms with van der Waals surface area (Å²) in [6.45, 7) is 1.16. The Kier molecular flexibility index (Phi) is 4.61. The topological polar surface area (TPSA) is 103 Å². The van der Waals surface area contributed by atoms with Gasteiger partial charge in [-0.25, -0.2) is 9.89 Å². The van der Waals surface area contributed by atoms with E-state index in [0.29, 0.717) is 25.9 Å². The number of hydrogen-bond acceptors (Lipinski definition) is 5. The monoisotopic (exact) mass is 296 g/mol. The Labute approximate surface area is 122 Å². The zero-order valence-electron chi connectivity index (χ0n) is 12.4. The number of nitrogens with zero attached hydrogens (tertiary/aromatic N) is 4. The molecule has 116 valence electrons. The number of carbonyl (C=O) groups excluding carboxylic acids is 2. The first-order chi connectivity index (χ1) is 10.0. The van der Waals surface area contributed by atoms with Crippen LogP contribution in [0.1, 0.15) is 12.8 Å². The van der Waals surface area contributed by atoms with Gasteiger partial charge < -0.3 is 14.5 Å². The van der Waals surface area contributed by atoms with E-state index in [1.165, 1.54) is 7.11 Å². The van der Waals surface area contributed by atoms with E-state index in [0.717, 1.165) is 0 Å². The SMILES string of the molecule is COc1n[nH]c(NC(=O)C2CCN(C(=O)N(C)C)CC2)n1. The van der Waals surface area contributed by atoms with Crippen molar-refractivity contribution in [1.29, 1.82) is 0 Å². The van der Waals surface area contributed by atoms with Gasteiger partial charge in [-0.05, 0) is 12.8 Å². The first kappa shape index (κ1) is 15.1. The second kappa shape index (κ2) is 6.42. The highest BCUT2D eigenvalue weighted by Gasteiger charge is 2.28. The van der Waals surface area contributed by atoms with Crippen molar-refractivity contribution < 1.29 is 14.3 Å². The number of carbonyl (C=O) groups is 2. The molecule has 1 aromatic rings. The minimum atomic E-state index is -0.132. The number of piperidine rings is 1. The van der Waals surface area contributed by atoms with Crippen LogP contribution in [-0.2, 0) is 4.79 Å². The van der Waals surface area contributed by atoms with Crippen molar-refractivity contribution in [3.63, 3.8) is 0 Å². The molecule has 2 N–H and O–H groups in total. The van der Waals surface area contributed by atoms with Crippen LogP contribution < -0.4 is 10.1 Å². The number of ether oxygens (including phenoxy) is 1. The summed E-state index contributed by atoms with van der Waals surface area (Å²) < 4.78 is 4.83. The summed E-state index contributed by atoms with van der Waals surface area (Å²) in [6.07, 6.45) is 1.27. The molecule has 21 heavy (non-hydrogen) atoms. The molecule has 9 nitrogen and oxygen atoms in total. The van der Waals surface area contributed by atoms with Crippen LogP contribution in [0.15, 0.2) is 0 Å². The number of nitrogens with one attached hydrogen (secondary N) is 2. The number of aromatic nitrogens is 3. The van der Waals surface area contributed by atoms with Gasteiger partial charge in [-0.3, -0.25) is 10.1 Å². The second-order valence-electron chi connectivity index (χ2n) is 5.10. The number of hydrogen-bond donors (Lipinski definition) is 2. The molecular weight excluding hydrogens is 276 g/mol. The molecule has 0 atom stereocenters. The molecule has 0 bridgehead atoms. The minimum absolute atomic E-state index is 0.0196. The maximum Gasteiger partial charge on any atom is 0.336 e. The van der Waals surface area contributed by atoms with Crippen molar-refractivity contribution in [2.45, 2.75) is 12.8 Å². The van der Waals surface area contributed by atoms with Gasteiger partial charge in [-0.1, -0.05) is 0 Å². The maximum atomic E-state index is 12.1. The van der Waals surface area contributed by atoms with Crippen LogP contribution >= 0.6 is 0 Å². The molecule has 9 heteroatoms. The van der Waals surface area contributed by atoms with Crippen LogP contribution in [0, 0.1) is 5.92 Å². The van der Waals surface area contributed by atoms with Crippen molar-refractivity contribution in [3.05, 3.63) is 0 Å². The van der Waals surface area contributed by atoms with Gasteiger partial charge in [0.1, 0.15) is 0 Å². The summed E-state index contributed by atoms with van der Waals surface area (Å²) in [5.74, 6) is 0.0155. The van der Waals surface area contributed by atoms with Crippen molar-refractivity contribution >= 4 is 17.9 Å². The molecule has 1 aliphatic heterocycles. The van der Waals surface area contributed by atoms with Gasteiger partial charge >= 0.3 is 12.0 Å². The van der Waals surface area contributed by atoms with Crippen LogP contribution in [0.4, 0.5) is 10.7 Å². The Morgan fingerprint density at radius 3 is 2.57 bits per heavy atom. The van der Waals surface area contributed by atoms with Crippen LogP contribution in [-0.4, -0.2) is 71.2 Å². The summed E-state index contributed by atoms with van der Waals surface area (Å²) in [5.41, 5.74) is 0. The van der Waals surface area contributed by atoms with Crippen LogP contribution in [0.3, 0.4) is 0 Å². The van der Waals surface area contributed by atoms with E-state index in [4.69, 9.17) is 4.74 Å². The Morgan fingerprint density at radius 1 is 1.38 bits per heavy atom. The molecule has 0 spiro atoms. The first-order valence-corrected chi connectivity index (χ1v) is 6.74. The molecule has 2 heterocycles. The smallest absolute Gasteiger partial charge is 0.336 e. The summed E-state index contributed by atoms with van der Waals surface area (Å²) in [4.78, 5) is 31.2. The molecule has 0 aliphatic carbocycles. The summed E-state index contributed by atoms with van der Waals surface area (Å²) in [5, 5.41) is 9.01. The maximum absolute atomic E-state index is 12.1. The van der Waals surface area contributed by atoms with Gasteiger partial charge in [0.05, 0.1) is 7.11 Å². The third-order valence-electron chi connectivity index (χ3n) is 3.41. The fourth-order valence-corrected chi connectivity index (χ4v) is 2.23. The van der Waals surface area contributed by atoms with Gasteiger partial charge in [0.15, 0.2) is 0 Å². The Bertz CT molecular complexity index is 507. The third kappa shape index (κ3) is 3.61. The van der Waals surface area contributed by atoms with Crippen molar-refractivity contribution in [2.24, 2.45) is 5.92 Å². The predicted molar refractivity (Wildman–Crippen MR) is 74.9 cm³/mol. The molecule has 2 rings (SSSR count). The van der Waals surface area contributed by atoms with E-state index >= 15 is 0 Å². The van der Waals surface area contributed by atoms with E-state index in [-0.39, 0.29) is 29.8 Å². The van der Waals surface area contributed by atoms with E-state index in [2.05, 4.69) is 20.5 Å². The lowest BCUT2D eigenvalue weighted by atomic mass is 9.96. The zero-order chi connectivity index (χ0) is 15.4. The highest BCUT2D eigenvalue weighted by molar-refractivity contribution is 5.91. The second-order valence-corrected chi connectivity index (χ2v) is 5.10. The molecular formula is C12H20N6O3. The molecule has 1 aromatic heterocycles. The first-order valence-electron chi connectivity index (χ1n) is 6.74. The number of amides is 3. The van der Waals surface area contributed by atoms with E-state index in [9.17, 15) is 9.59 Å². The Hall–Kier alpha value is -2.32. The number of urea groups is 1. The quantitative estimate of drug-likeness (QED) is 0.826. The van der Waals surface area contributed by atoms with Gasteiger partial charge in [0.2, 0.25) is 11.9 Å². The lowest BCUT2D eigenvalue weighted by molar-refractivity contribution is -0.121. The number of methoxy groups -OCH3 is 1. The minimum Gasteiger partial charge on any atom is -0.466 e. The number of rotatable bonds is 3. The fourth-order valence-electron chi connectivity index (χ4n) is 2.23. The van der Waals surface area contributed by atoms with Crippen molar-refractivity contribution in [2.75, 3.05) is 39.6 Å². The number of likely N-dealkylation sites (tertiary alicyclic amines) is 1. The largest absolute Gasteiger partial charge is 0.466 e. The standard InChI is InChI=1S/C12H20N6O3/c1-17(2)12(20)18-6-4-8(5-7-18)9(19)13-10-14-11(21-3)16-15-10/h8H,4-7H2,1-3H3,(H2,13,14,15,16,19). The lowest BCUT2D eigenvalue weighted by Gasteiger charge is -2.32. The number of H-pyrrole nitrogens is 1. The van der Waals surface area contributed by atoms with E-state index in [1.54, 1.807) is 23.9 Å². The number of aromatic amines is 1. The molecule has 0 unspecified atom stereocenters. The van der Waals surface area contributed by atoms with E-state index in [1.807, 2.05) is 0 Å². The summed E-state index contributed by atoms with van der Waals surface area (Å²) in [6, 6.07) is 0.158. The molecule has 1 saturated heterocycles. The van der Waals surface area contributed by atoms with Crippen LogP contribution in [0.2, 0.25) is 0 Å². The zero-order valence-corrected chi connectivity index (χ0v) is 12.4. The van der Waals surface area contributed by atoms with Crippen LogP contribution in [0.25, 0.3) is 0 Å². The highest BCUT2D eigenvalue weighted by atomic mass is 16.5. The average Bonchev–Trinajstić information content (AvgIpc) is 2.94. The predicted octanol–water partition coefficient (Wildman–Crippen LogP) is 0.145. The van der Waals surface area contributed by atoms with Gasteiger partial charge in [0, 0.05) is 33.1 Å². The van der Waals surface area contributed by atoms with Gasteiger partial charge in [0.25, 0.3) is 0 Å². The molecule has 0 saturated carbocycles. The summed E-state index contributed by atoms with van der Waals surface area (Å²) >= 11 is 0. The lowest BCUT2D eigenvalue weighted by Crippen LogP contribution is -2.45.